The Kier molecular flexibility index (Phi) is 7.81. The summed E-state index contributed by atoms with van der Waals surface area (Å²) in [6.07, 6.45) is 11.8. The number of aliphatic hydroxyl groups excluding tert-OH is 2. The van der Waals surface area contributed by atoms with E-state index in [1.807, 2.05) is 85.0 Å². The second-order valence-corrected chi connectivity index (χ2v) is 14.1. The molecule has 2 aliphatic carbocycles. The fourth-order valence-electron chi connectivity index (χ4n) is 8.10. The van der Waals surface area contributed by atoms with Gasteiger partial charge in [0.1, 0.15) is 11.5 Å². The first kappa shape index (κ1) is 32.6. The number of unbranched alkanes of at least 4 members (excludes halogenated alkanes) is 2. The van der Waals surface area contributed by atoms with Crippen molar-refractivity contribution in [2.75, 3.05) is 22.9 Å². The average molecular weight is 698 g/mol. The van der Waals surface area contributed by atoms with Crippen LogP contribution in [0, 0.1) is 0 Å². The Bertz CT molecular complexity index is 2430. The lowest BCUT2D eigenvalue weighted by molar-refractivity contribution is -0.112. The SMILES string of the molecule is CCCCN1C(=C2C(=O)C(c3ccc4[nH]c5ccc(C6=C(O)C(=C7C=Cc8ccccc8N7CCCC)C6=O)cc5c4c3)=C2O)C=Cc2ccccc21. The molecule has 0 atom stereocenters. The van der Waals surface area contributed by atoms with Crippen LogP contribution in [0.2, 0.25) is 0 Å². The maximum Gasteiger partial charge on any atom is 0.203 e. The number of allylic oxidation sites excluding steroid dienone is 6. The molecule has 3 heterocycles. The molecule has 5 aromatic rings. The summed E-state index contributed by atoms with van der Waals surface area (Å²) in [5, 5.41) is 24.7. The average Bonchev–Trinajstić information content (AvgIpc) is 3.54. The molecular formula is C46H39N3O4. The highest BCUT2D eigenvalue weighted by Gasteiger charge is 2.40. The molecule has 262 valence electrons. The van der Waals surface area contributed by atoms with Crippen molar-refractivity contribution in [1.82, 2.24) is 4.98 Å². The van der Waals surface area contributed by atoms with E-state index < -0.39 is 0 Å². The number of benzene rings is 4. The third-order valence-electron chi connectivity index (χ3n) is 10.9. The van der Waals surface area contributed by atoms with Gasteiger partial charge in [-0.2, -0.15) is 0 Å². The van der Waals surface area contributed by atoms with Crippen LogP contribution < -0.4 is 9.80 Å². The van der Waals surface area contributed by atoms with Gasteiger partial charge in [0.05, 0.1) is 33.7 Å². The predicted octanol–water partition coefficient (Wildman–Crippen LogP) is 10.2. The summed E-state index contributed by atoms with van der Waals surface area (Å²) >= 11 is 0. The van der Waals surface area contributed by atoms with E-state index in [9.17, 15) is 19.8 Å². The number of aromatic nitrogens is 1. The van der Waals surface area contributed by atoms with E-state index in [-0.39, 0.29) is 23.1 Å². The maximum absolute atomic E-state index is 13.9. The molecule has 53 heavy (non-hydrogen) atoms. The Labute approximate surface area is 307 Å². The molecule has 7 heteroatoms. The van der Waals surface area contributed by atoms with Crippen molar-refractivity contribution in [3.8, 4) is 0 Å². The normalized spacial score (nSPS) is 19.4. The van der Waals surface area contributed by atoms with Gasteiger partial charge in [0.25, 0.3) is 0 Å². The van der Waals surface area contributed by atoms with Gasteiger partial charge in [0, 0.05) is 46.3 Å². The van der Waals surface area contributed by atoms with Crippen LogP contribution in [-0.4, -0.2) is 39.9 Å². The predicted molar refractivity (Wildman–Crippen MR) is 214 cm³/mol. The number of ketones is 2. The number of rotatable bonds is 8. The molecule has 0 spiro atoms. The lowest BCUT2D eigenvalue weighted by Gasteiger charge is -2.34. The van der Waals surface area contributed by atoms with Crippen LogP contribution in [-0.2, 0) is 9.59 Å². The Morgan fingerprint density at radius 2 is 0.981 bits per heavy atom. The summed E-state index contributed by atoms with van der Waals surface area (Å²) in [5.74, 6) is -0.381. The smallest absolute Gasteiger partial charge is 0.203 e. The van der Waals surface area contributed by atoms with Crippen molar-refractivity contribution >= 4 is 68.0 Å². The topological polar surface area (TPSA) is 96.9 Å². The molecule has 7 nitrogen and oxygen atoms in total. The number of aromatic amines is 1. The van der Waals surface area contributed by atoms with E-state index in [1.54, 1.807) is 0 Å². The molecule has 4 aliphatic rings. The van der Waals surface area contributed by atoms with Crippen LogP contribution in [0.25, 0.3) is 45.1 Å². The monoisotopic (exact) mass is 697 g/mol. The minimum atomic E-state index is -0.189. The molecular weight excluding hydrogens is 659 g/mol. The van der Waals surface area contributed by atoms with Crippen LogP contribution >= 0.6 is 0 Å². The highest BCUT2D eigenvalue weighted by molar-refractivity contribution is 6.40. The van der Waals surface area contributed by atoms with Crippen LogP contribution in [0.1, 0.15) is 61.8 Å². The minimum absolute atomic E-state index is 0.00140. The molecule has 4 aromatic carbocycles. The number of Topliss-reactive ketones (excluding diaryl/α,β-unsaturated/α-hetero) is 2. The zero-order valence-electron chi connectivity index (χ0n) is 29.7. The summed E-state index contributed by atoms with van der Waals surface area (Å²) in [7, 11) is 0. The third-order valence-corrected chi connectivity index (χ3v) is 10.9. The molecule has 3 N–H and O–H groups in total. The number of H-pyrrole nitrogens is 1. The van der Waals surface area contributed by atoms with Crippen molar-refractivity contribution < 1.29 is 19.8 Å². The molecule has 0 saturated heterocycles. The molecule has 1 aromatic heterocycles. The molecule has 9 rings (SSSR count). The molecule has 0 bridgehead atoms. The number of nitrogens with one attached hydrogen (secondary N) is 1. The number of carbonyl (C=O) groups excluding carboxylic acids is 2. The van der Waals surface area contributed by atoms with Gasteiger partial charge >= 0.3 is 0 Å². The highest BCUT2D eigenvalue weighted by atomic mass is 16.3. The van der Waals surface area contributed by atoms with Gasteiger partial charge in [-0.25, -0.2) is 0 Å². The molecule has 0 amide bonds. The summed E-state index contributed by atoms with van der Waals surface area (Å²) in [6, 6.07) is 27.6. The third kappa shape index (κ3) is 5.02. The Morgan fingerprint density at radius 3 is 1.40 bits per heavy atom. The van der Waals surface area contributed by atoms with Crippen LogP contribution in [0.15, 0.2) is 131 Å². The maximum atomic E-state index is 13.9. The first-order valence-electron chi connectivity index (χ1n) is 18.5. The Hall–Kier alpha value is -6.34. The standard InChI is InChI=1S/C46H39N3O4/c1-3-5-23-48-35-13-9-7-11-27(35)17-21-37(48)41-43(50)39(44(41)51)29-15-19-33-31(25-29)32-26-30(16-20-34(32)47-33)40-45(52)42(46(40)53)38-22-18-28-12-8-10-14-36(28)49(38)24-6-4-2/h7-22,25-26,47,50,52H,3-6,23-24H2,1-2H3. The van der Waals surface area contributed by atoms with Gasteiger partial charge in [0.2, 0.25) is 11.6 Å². The van der Waals surface area contributed by atoms with Crippen LogP contribution in [0.3, 0.4) is 0 Å². The summed E-state index contributed by atoms with van der Waals surface area (Å²) in [5.41, 5.74) is 9.90. The zero-order valence-corrected chi connectivity index (χ0v) is 29.7. The van der Waals surface area contributed by atoms with Crippen molar-refractivity contribution in [3.05, 3.63) is 153 Å². The minimum Gasteiger partial charge on any atom is -0.506 e. The molecule has 2 aliphatic heterocycles. The Morgan fingerprint density at radius 1 is 0.547 bits per heavy atom. The number of hydrogen-bond donors (Lipinski definition) is 3. The van der Waals surface area contributed by atoms with Crippen LogP contribution in [0.4, 0.5) is 11.4 Å². The van der Waals surface area contributed by atoms with E-state index in [1.165, 1.54) is 0 Å². The highest BCUT2D eigenvalue weighted by Crippen LogP contribution is 2.45. The van der Waals surface area contributed by atoms with E-state index in [2.05, 4.69) is 52.9 Å². The second kappa shape index (κ2) is 12.7. The number of hydrogen-bond acceptors (Lipinski definition) is 6. The van der Waals surface area contributed by atoms with Gasteiger partial charge in [-0.1, -0.05) is 87.4 Å². The summed E-state index contributed by atoms with van der Waals surface area (Å²) in [6.45, 7) is 5.76. The zero-order chi connectivity index (χ0) is 36.4. The van der Waals surface area contributed by atoms with E-state index in [0.717, 1.165) is 94.5 Å². The van der Waals surface area contributed by atoms with E-state index in [0.29, 0.717) is 33.4 Å². The van der Waals surface area contributed by atoms with Gasteiger partial charge < -0.3 is 25.0 Å². The second-order valence-electron chi connectivity index (χ2n) is 14.1. The van der Waals surface area contributed by atoms with Crippen molar-refractivity contribution in [3.63, 3.8) is 0 Å². The van der Waals surface area contributed by atoms with Crippen molar-refractivity contribution in [1.29, 1.82) is 0 Å². The Balaban J connectivity index is 1.09. The first-order chi connectivity index (χ1) is 25.9. The summed E-state index contributed by atoms with van der Waals surface area (Å²) in [4.78, 5) is 35.5. The molecule has 0 fully saturated rings. The van der Waals surface area contributed by atoms with Gasteiger partial charge in [0.15, 0.2) is 0 Å². The number of carbonyl (C=O) groups is 2. The van der Waals surface area contributed by atoms with Gasteiger partial charge in [-0.3, -0.25) is 9.59 Å². The van der Waals surface area contributed by atoms with Crippen molar-refractivity contribution in [2.45, 2.75) is 39.5 Å². The lowest BCUT2D eigenvalue weighted by atomic mass is 9.80. The summed E-state index contributed by atoms with van der Waals surface area (Å²) < 4.78 is 0. The van der Waals surface area contributed by atoms with Gasteiger partial charge in [-0.15, -0.1) is 0 Å². The molecule has 0 radical (unpaired) electrons. The van der Waals surface area contributed by atoms with Gasteiger partial charge in [-0.05, 0) is 83.6 Å². The largest absolute Gasteiger partial charge is 0.506 e. The first-order valence-corrected chi connectivity index (χ1v) is 18.5. The number of para-hydroxylation sites is 2. The quantitative estimate of drug-likeness (QED) is 0.140. The number of fused-ring (bicyclic) bond motifs is 5. The van der Waals surface area contributed by atoms with E-state index in [4.69, 9.17) is 0 Å². The fourth-order valence-corrected chi connectivity index (χ4v) is 8.10. The number of aliphatic hydroxyl groups is 2. The van der Waals surface area contributed by atoms with E-state index >= 15 is 0 Å². The number of anilines is 2. The number of nitrogens with zero attached hydrogens (tertiary/aromatic N) is 2. The van der Waals surface area contributed by atoms with Crippen molar-refractivity contribution in [2.24, 2.45) is 0 Å². The molecule has 0 unspecified atom stereocenters. The molecule has 0 saturated carbocycles. The lowest BCUT2D eigenvalue weighted by Crippen LogP contribution is -2.32. The fraction of sp³-hybridized carbons (Fsp3) is 0.174. The van der Waals surface area contributed by atoms with Crippen LogP contribution in [0.5, 0.6) is 0 Å².